The maximum atomic E-state index is 12.1. The van der Waals surface area contributed by atoms with Crippen LogP contribution in [-0.4, -0.2) is 27.1 Å². The highest BCUT2D eigenvalue weighted by molar-refractivity contribution is 7.93. The summed E-state index contributed by atoms with van der Waals surface area (Å²) in [4.78, 5) is 11.2. The number of nitrogens with zero attached hydrogens (tertiary/aromatic N) is 1. The van der Waals surface area contributed by atoms with Crippen LogP contribution in [0.15, 0.2) is 24.3 Å². The van der Waals surface area contributed by atoms with Gasteiger partial charge in [0, 0.05) is 12.7 Å². The van der Waals surface area contributed by atoms with Gasteiger partial charge in [-0.2, -0.15) is 21.6 Å². The lowest BCUT2D eigenvalue weighted by Gasteiger charge is -2.20. The van der Waals surface area contributed by atoms with Gasteiger partial charge in [-0.1, -0.05) is 6.07 Å². The molecule has 19 heavy (non-hydrogen) atoms. The smallest absolute Gasteiger partial charge is 0.516 e. The molecule has 0 bridgehead atoms. The molecule has 0 saturated carbocycles. The summed E-state index contributed by atoms with van der Waals surface area (Å²) in [6.07, 6.45) is -1.59. The fraction of sp³-hybridized carbons (Fsp3) is 0.222. The van der Waals surface area contributed by atoms with Crippen LogP contribution in [0.3, 0.4) is 0 Å². The molecule has 1 rings (SSSR count). The van der Waals surface area contributed by atoms with Crippen molar-refractivity contribution in [1.29, 1.82) is 0 Å². The maximum Gasteiger partial charge on any atom is 0.516 e. The van der Waals surface area contributed by atoms with E-state index in [1.54, 1.807) is 0 Å². The number of carboxylic acid groups (broad SMARTS) is 1. The van der Waals surface area contributed by atoms with Gasteiger partial charge in [-0.3, -0.25) is 4.72 Å². The van der Waals surface area contributed by atoms with Gasteiger partial charge in [0.15, 0.2) is 0 Å². The van der Waals surface area contributed by atoms with E-state index in [1.807, 2.05) is 0 Å². The third-order valence-corrected chi connectivity index (χ3v) is 3.18. The number of carbonyl (C=O) groups excluding carboxylic acids is 1. The van der Waals surface area contributed by atoms with E-state index >= 15 is 0 Å². The summed E-state index contributed by atoms with van der Waals surface area (Å²) in [6.45, 7) is 0. The minimum absolute atomic E-state index is 0.0395. The van der Waals surface area contributed by atoms with Gasteiger partial charge < -0.3 is 14.8 Å². The molecule has 0 heterocycles. The Balaban J connectivity index is 3.06. The Bertz CT molecular complexity index is 585. The number of benzene rings is 1. The number of rotatable bonds is 3. The van der Waals surface area contributed by atoms with Crippen LogP contribution in [0.5, 0.6) is 0 Å². The molecule has 1 aromatic carbocycles. The van der Waals surface area contributed by atoms with E-state index in [4.69, 9.17) is 0 Å². The molecule has 0 spiro atoms. The molecule has 106 valence electrons. The number of hydrogen-bond donors (Lipinski definition) is 1. The molecule has 0 saturated heterocycles. The Morgan fingerprint density at radius 3 is 2.42 bits per heavy atom. The predicted molar refractivity (Wildman–Crippen MR) is 58.8 cm³/mol. The zero-order chi connectivity index (χ0) is 14.8. The van der Waals surface area contributed by atoms with Crippen LogP contribution in [0, 0.1) is 0 Å². The molecule has 0 fully saturated rings. The summed E-state index contributed by atoms with van der Waals surface area (Å²) in [6, 6.07) is 4.44. The van der Waals surface area contributed by atoms with Crippen molar-refractivity contribution in [3.63, 3.8) is 0 Å². The SMILES string of the molecule is CN(C(=O)[O-])c1cccc(NS(=O)(=O)C(F)(F)F)c1. The van der Waals surface area contributed by atoms with Crippen LogP contribution in [-0.2, 0) is 10.0 Å². The Morgan fingerprint density at radius 1 is 1.37 bits per heavy atom. The first-order valence-corrected chi connectivity index (χ1v) is 6.17. The van der Waals surface area contributed by atoms with Crippen molar-refractivity contribution in [2.75, 3.05) is 16.7 Å². The van der Waals surface area contributed by atoms with Gasteiger partial charge in [-0.15, -0.1) is 0 Å². The molecule has 0 aromatic heterocycles. The quantitative estimate of drug-likeness (QED) is 0.890. The minimum Gasteiger partial charge on any atom is -0.530 e. The van der Waals surface area contributed by atoms with Crippen molar-refractivity contribution < 1.29 is 31.5 Å². The predicted octanol–water partition coefficient (Wildman–Crippen LogP) is 0.728. The summed E-state index contributed by atoms with van der Waals surface area (Å²) in [5, 5.41) is 10.6. The highest BCUT2D eigenvalue weighted by Crippen LogP contribution is 2.26. The molecule has 0 aliphatic heterocycles. The lowest BCUT2D eigenvalue weighted by Crippen LogP contribution is -2.38. The van der Waals surface area contributed by atoms with Crippen LogP contribution < -0.4 is 14.7 Å². The van der Waals surface area contributed by atoms with Gasteiger partial charge in [0.25, 0.3) is 0 Å². The van der Waals surface area contributed by atoms with Gasteiger partial charge in [0.05, 0.1) is 5.69 Å². The first-order chi connectivity index (χ1) is 8.54. The van der Waals surface area contributed by atoms with Crippen LogP contribution in [0.2, 0.25) is 0 Å². The van der Waals surface area contributed by atoms with Crippen molar-refractivity contribution in [3.05, 3.63) is 24.3 Å². The average molecular weight is 297 g/mol. The van der Waals surface area contributed by atoms with E-state index in [0.717, 1.165) is 19.2 Å². The second-order valence-corrected chi connectivity index (χ2v) is 5.10. The van der Waals surface area contributed by atoms with E-state index in [2.05, 4.69) is 0 Å². The molecule has 1 amide bonds. The Hall–Kier alpha value is -1.97. The monoisotopic (exact) mass is 297 g/mol. The first-order valence-electron chi connectivity index (χ1n) is 4.68. The summed E-state index contributed by atoms with van der Waals surface area (Å²) < 4.78 is 59.4. The van der Waals surface area contributed by atoms with Gasteiger partial charge in [0.1, 0.15) is 6.09 Å². The molecular weight excluding hydrogens is 289 g/mol. The van der Waals surface area contributed by atoms with E-state index in [-0.39, 0.29) is 5.69 Å². The first kappa shape index (κ1) is 15.1. The molecule has 0 radical (unpaired) electrons. The van der Waals surface area contributed by atoms with Crippen LogP contribution in [0.25, 0.3) is 0 Å². The molecule has 1 aromatic rings. The standard InChI is InChI=1S/C9H9F3N2O4S/c1-14(8(15)16)7-4-2-3-6(5-7)13-19(17,18)9(10,11)12/h2-5,13H,1H3,(H,15,16)/p-1. The highest BCUT2D eigenvalue weighted by atomic mass is 32.2. The molecular formula is C9H8F3N2O4S-. The normalized spacial score (nSPS) is 12.0. The van der Waals surface area contributed by atoms with Gasteiger partial charge in [-0.05, 0) is 18.2 Å². The number of nitrogens with one attached hydrogen (secondary N) is 1. The zero-order valence-corrected chi connectivity index (χ0v) is 10.2. The topological polar surface area (TPSA) is 89.5 Å². The van der Waals surface area contributed by atoms with Gasteiger partial charge >= 0.3 is 15.5 Å². The maximum absolute atomic E-state index is 12.1. The largest absolute Gasteiger partial charge is 0.530 e. The number of carbonyl (C=O) groups is 1. The fourth-order valence-corrected chi connectivity index (χ4v) is 1.65. The lowest BCUT2D eigenvalue weighted by atomic mass is 10.3. The van der Waals surface area contributed by atoms with Crippen LogP contribution >= 0.6 is 0 Å². The molecule has 10 heteroatoms. The second kappa shape index (κ2) is 4.96. The molecule has 0 unspecified atom stereocenters. The number of halogens is 3. The van der Waals surface area contributed by atoms with E-state index in [0.29, 0.717) is 4.90 Å². The molecule has 0 atom stereocenters. The fourth-order valence-electron chi connectivity index (χ4n) is 1.10. The molecule has 0 aliphatic rings. The highest BCUT2D eigenvalue weighted by Gasteiger charge is 2.46. The summed E-state index contributed by atoms with van der Waals surface area (Å²) in [5.41, 5.74) is -5.91. The van der Waals surface area contributed by atoms with E-state index in [9.17, 15) is 31.5 Å². The molecule has 1 N–H and O–H groups in total. The third-order valence-electron chi connectivity index (χ3n) is 2.06. The number of hydrogen-bond acceptors (Lipinski definition) is 4. The van der Waals surface area contributed by atoms with Crippen molar-refractivity contribution in [2.45, 2.75) is 5.51 Å². The number of alkyl halides is 3. The van der Waals surface area contributed by atoms with Crippen molar-refractivity contribution >= 4 is 27.5 Å². The lowest BCUT2D eigenvalue weighted by molar-refractivity contribution is -0.246. The Kier molecular flexibility index (Phi) is 3.94. The molecule has 6 nitrogen and oxygen atoms in total. The number of anilines is 2. The number of amides is 1. The Labute approximate surface area is 106 Å². The second-order valence-electron chi connectivity index (χ2n) is 3.43. The van der Waals surface area contributed by atoms with E-state index < -0.39 is 27.3 Å². The Morgan fingerprint density at radius 2 is 1.95 bits per heavy atom. The number of sulfonamides is 1. The van der Waals surface area contributed by atoms with Gasteiger partial charge in [0.2, 0.25) is 0 Å². The van der Waals surface area contributed by atoms with Crippen molar-refractivity contribution in [3.8, 4) is 0 Å². The van der Waals surface area contributed by atoms with Crippen LogP contribution in [0.1, 0.15) is 0 Å². The minimum atomic E-state index is -5.55. The van der Waals surface area contributed by atoms with E-state index in [1.165, 1.54) is 16.9 Å². The van der Waals surface area contributed by atoms with Crippen molar-refractivity contribution in [1.82, 2.24) is 0 Å². The van der Waals surface area contributed by atoms with Crippen LogP contribution in [0.4, 0.5) is 29.3 Å². The third kappa shape index (κ3) is 3.50. The van der Waals surface area contributed by atoms with Gasteiger partial charge in [-0.25, -0.2) is 0 Å². The average Bonchev–Trinajstić information content (AvgIpc) is 2.26. The molecule has 0 aliphatic carbocycles. The van der Waals surface area contributed by atoms with Crippen molar-refractivity contribution in [2.24, 2.45) is 0 Å². The zero-order valence-electron chi connectivity index (χ0n) is 9.43. The summed E-state index contributed by atoms with van der Waals surface area (Å²) in [7, 11) is -4.44. The summed E-state index contributed by atoms with van der Waals surface area (Å²) in [5.74, 6) is 0. The summed E-state index contributed by atoms with van der Waals surface area (Å²) >= 11 is 0.